The Labute approximate surface area is 119 Å². The van der Waals surface area contributed by atoms with Crippen molar-refractivity contribution in [2.75, 3.05) is 12.3 Å². The minimum atomic E-state index is -0.973. The number of nitrogens with one attached hydrogen (secondary N) is 1. The first-order valence-corrected chi connectivity index (χ1v) is 6.76. The Morgan fingerprint density at radius 3 is 2.75 bits per heavy atom. The highest BCUT2D eigenvalue weighted by Gasteiger charge is 2.11. The average Bonchev–Trinajstić information content (AvgIpc) is 2.86. The van der Waals surface area contributed by atoms with Crippen LogP contribution in [0, 0.1) is 0 Å². The highest BCUT2D eigenvalue weighted by molar-refractivity contribution is 7.13. The van der Waals surface area contributed by atoms with E-state index in [1.165, 1.54) is 11.3 Å². The molecule has 1 amide bonds. The number of carboxylic acid groups (broad SMARTS) is 1. The number of rotatable bonds is 5. The number of hydrogen-bond acceptors (Lipinski definition) is 5. The summed E-state index contributed by atoms with van der Waals surface area (Å²) >= 11 is 1.20. The molecule has 0 spiro atoms. The van der Waals surface area contributed by atoms with E-state index in [9.17, 15) is 9.59 Å². The van der Waals surface area contributed by atoms with Gasteiger partial charge in [0.15, 0.2) is 5.13 Å². The lowest BCUT2D eigenvalue weighted by molar-refractivity contribution is 0.0695. The predicted molar refractivity (Wildman–Crippen MR) is 76.0 cm³/mol. The number of carbonyl (C=O) groups is 2. The summed E-state index contributed by atoms with van der Waals surface area (Å²) in [6, 6.07) is 6.71. The van der Waals surface area contributed by atoms with Gasteiger partial charge in [-0.15, -0.1) is 11.3 Å². The zero-order chi connectivity index (χ0) is 14.5. The Bertz CT molecular complexity index is 639. The molecule has 1 heterocycles. The molecule has 20 heavy (non-hydrogen) atoms. The molecule has 0 aliphatic heterocycles. The molecule has 0 bridgehead atoms. The molecule has 0 unspecified atom stereocenters. The maximum absolute atomic E-state index is 11.7. The number of nitrogens with zero attached hydrogens (tertiary/aromatic N) is 1. The number of benzene rings is 1. The molecule has 0 aliphatic carbocycles. The van der Waals surface area contributed by atoms with Gasteiger partial charge in [0.05, 0.1) is 5.56 Å². The Hall–Kier alpha value is -2.41. The lowest BCUT2D eigenvalue weighted by Crippen LogP contribution is -2.26. The van der Waals surface area contributed by atoms with Crippen LogP contribution in [0.2, 0.25) is 0 Å². The molecule has 0 saturated carbocycles. The van der Waals surface area contributed by atoms with Crippen LogP contribution in [0.4, 0.5) is 5.13 Å². The van der Waals surface area contributed by atoms with Crippen LogP contribution >= 0.6 is 11.3 Å². The fourth-order valence-electron chi connectivity index (χ4n) is 1.74. The number of carboxylic acids is 1. The number of aromatic nitrogens is 1. The molecule has 104 valence electrons. The summed E-state index contributed by atoms with van der Waals surface area (Å²) in [5.41, 5.74) is 6.66. The van der Waals surface area contributed by atoms with Gasteiger partial charge in [0.2, 0.25) is 0 Å². The van der Waals surface area contributed by atoms with Gasteiger partial charge in [-0.1, -0.05) is 18.2 Å². The van der Waals surface area contributed by atoms with E-state index in [2.05, 4.69) is 10.3 Å². The van der Waals surface area contributed by atoms with E-state index in [0.717, 1.165) is 0 Å². The molecule has 2 aromatic rings. The first-order chi connectivity index (χ1) is 9.58. The van der Waals surface area contributed by atoms with Crippen LogP contribution in [-0.2, 0) is 6.42 Å². The monoisotopic (exact) mass is 291 g/mol. The van der Waals surface area contributed by atoms with E-state index in [4.69, 9.17) is 10.8 Å². The number of thiazole rings is 1. The van der Waals surface area contributed by atoms with E-state index in [-0.39, 0.29) is 17.2 Å². The molecular formula is C13H13N3O3S. The molecule has 0 atom stereocenters. The maximum atomic E-state index is 11.7. The van der Waals surface area contributed by atoms with Gasteiger partial charge in [-0.3, -0.25) is 4.79 Å². The Kier molecular flexibility index (Phi) is 4.31. The van der Waals surface area contributed by atoms with Crippen LogP contribution in [0.15, 0.2) is 29.6 Å². The highest BCUT2D eigenvalue weighted by Crippen LogP contribution is 2.11. The second kappa shape index (κ2) is 6.16. The van der Waals surface area contributed by atoms with Crippen molar-refractivity contribution in [2.45, 2.75) is 6.42 Å². The van der Waals surface area contributed by atoms with Crippen molar-refractivity contribution in [3.63, 3.8) is 0 Å². The summed E-state index contributed by atoms with van der Waals surface area (Å²) in [6.45, 7) is 0.334. The predicted octanol–water partition coefficient (Wildman–Crippen LogP) is 1.40. The topological polar surface area (TPSA) is 105 Å². The van der Waals surface area contributed by atoms with Gasteiger partial charge >= 0.3 is 5.97 Å². The van der Waals surface area contributed by atoms with Gasteiger partial charge in [-0.2, -0.15) is 0 Å². The second-order valence-corrected chi connectivity index (χ2v) is 4.93. The van der Waals surface area contributed by atoms with Gasteiger partial charge in [0, 0.05) is 11.9 Å². The number of carbonyl (C=O) groups excluding carboxylic acids is 1. The van der Waals surface area contributed by atoms with E-state index in [0.29, 0.717) is 23.7 Å². The van der Waals surface area contributed by atoms with E-state index in [1.807, 2.05) is 0 Å². The Balaban J connectivity index is 1.93. The van der Waals surface area contributed by atoms with Gasteiger partial charge in [0.1, 0.15) is 5.69 Å². The van der Waals surface area contributed by atoms with Gasteiger partial charge in [0.25, 0.3) is 5.91 Å². The fourth-order valence-corrected chi connectivity index (χ4v) is 2.28. The van der Waals surface area contributed by atoms with Crippen LogP contribution in [0.3, 0.4) is 0 Å². The van der Waals surface area contributed by atoms with Crippen molar-refractivity contribution in [2.24, 2.45) is 0 Å². The van der Waals surface area contributed by atoms with E-state index >= 15 is 0 Å². The highest BCUT2D eigenvalue weighted by atomic mass is 32.1. The van der Waals surface area contributed by atoms with Crippen LogP contribution in [0.25, 0.3) is 0 Å². The van der Waals surface area contributed by atoms with Crippen molar-refractivity contribution in [3.05, 3.63) is 46.5 Å². The van der Waals surface area contributed by atoms with Crippen molar-refractivity contribution in [3.8, 4) is 0 Å². The normalized spacial score (nSPS) is 10.2. The van der Waals surface area contributed by atoms with Gasteiger partial charge in [-0.25, -0.2) is 9.78 Å². The summed E-state index contributed by atoms with van der Waals surface area (Å²) < 4.78 is 0. The van der Waals surface area contributed by atoms with Crippen molar-refractivity contribution in [1.82, 2.24) is 10.3 Å². The summed E-state index contributed by atoms with van der Waals surface area (Å²) in [4.78, 5) is 26.6. The molecule has 2 rings (SSSR count). The van der Waals surface area contributed by atoms with Crippen LogP contribution in [0.1, 0.15) is 26.4 Å². The van der Waals surface area contributed by atoms with Crippen molar-refractivity contribution < 1.29 is 14.7 Å². The van der Waals surface area contributed by atoms with Crippen LogP contribution < -0.4 is 11.1 Å². The number of nitrogen functional groups attached to an aromatic ring is 1. The quantitative estimate of drug-likeness (QED) is 0.772. The number of anilines is 1. The minimum Gasteiger partial charge on any atom is -0.478 e. The third kappa shape index (κ3) is 3.33. The summed E-state index contributed by atoms with van der Waals surface area (Å²) in [5.74, 6) is -1.29. The zero-order valence-electron chi connectivity index (χ0n) is 10.5. The molecule has 4 N–H and O–H groups in total. The molecule has 6 nitrogen and oxygen atoms in total. The van der Waals surface area contributed by atoms with Gasteiger partial charge in [-0.05, 0) is 18.1 Å². The minimum absolute atomic E-state index is 0.250. The molecule has 1 aromatic carbocycles. The standard InChI is InChI=1S/C13H13N3O3S/c14-13-16-10(7-20-13)11(17)15-6-5-8-3-1-2-4-9(8)12(18)19/h1-4,7H,5-6H2,(H2,14,16)(H,15,17)(H,18,19). The SMILES string of the molecule is Nc1nc(C(=O)NCCc2ccccc2C(=O)O)cs1. The van der Waals surface area contributed by atoms with Crippen molar-refractivity contribution >= 4 is 28.3 Å². The Morgan fingerprint density at radius 2 is 2.10 bits per heavy atom. The van der Waals surface area contributed by atoms with Crippen LogP contribution in [0.5, 0.6) is 0 Å². The first kappa shape index (κ1) is 14.0. The molecule has 0 radical (unpaired) electrons. The second-order valence-electron chi connectivity index (χ2n) is 4.04. The van der Waals surface area contributed by atoms with E-state index in [1.54, 1.807) is 29.6 Å². The number of aromatic carboxylic acids is 1. The average molecular weight is 291 g/mol. The Morgan fingerprint density at radius 1 is 1.35 bits per heavy atom. The molecule has 7 heteroatoms. The maximum Gasteiger partial charge on any atom is 0.335 e. The summed E-state index contributed by atoms with van der Waals surface area (Å²) in [6.07, 6.45) is 0.438. The molecule has 0 aliphatic rings. The van der Waals surface area contributed by atoms with Crippen LogP contribution in [-0.4, -0.2) is 28.5 Å². The smallest absolute Gasteiger partial charge is 0.335 e. The number of nitrogens with two attached hydrogens (primary N) is 1. The lowest BCUT2D eigenvalue weighted by Gasteiger charge is -2.06. The van der Waals surface area contributed by atoms with Gasteiger partial charge < -0.3 is 16.2 Å². The van der Waals surface area contributed by atoms with E-state index < -0.39 is 5.97 Å². The molecule has 0 saturated heterocycles. The number of hydrogen-bond donors (Lipinski definition) is 3. The third-order valence-corrected chi connectivity index (χ3v) is 3.36. The molecule has 0 fully saturated rings. The van der Waals surface area contributed by atoms with Crippen molar-refractivity contribution in [1.29, 1.82) is 0 Å². The summed E-state index contributed by atoms with van der Waals surface area (Å²) in [5, 5.41) is 13.6. The molecule has 1 aromatic heterocycles. The molecular weight excluding hydrogens is 278 g/mol. The third-order valence-electron chi connectivity index (χ3n) is 2.68. The number of amides is 1. The first-order valence-electron chi connectivity index (χ1n) is 5.88. The fraction of sp³-hybridized carbons (Fsp3) is 0.154. The lowest BCUT2D eigenvalue weighted by atomic mass is 10.0. The summed E-state index contributed by atoms with van der Waals surface area (Å²) in [7, 11) is 0. The largest absolute Gasteiger partial charge is 0.478 e. The zero-order valence-corrected chi connectivity index (χ0v) is 11.3.